The highest BCUT2D eigenvalue weighted by atomic mass is 16.1. The summed E-state index contributed by atoms with van der Waals surface area (Å²) < 4.78 is 0. The third-order valence-corrected chi connectivity index (χ3v) is 1.66. The van der Waals surface area contributed by atoms with E-state index in [9.17, 15) is 4.79 Å². The van der Waals surface area contributed by atoms with Crippen LogP contribution in [0.2, 0.25) is 0 Å². The molecule has 0 unspecified atom stereocenters. The topological polar surface area (TPSA) is 36.4 Å². The van der Waals surface area contributed by atoms with Crippen LogP contribution in [0.25, 0.3) is 0 Å². The fraction of sp³-hybridized carbons (Fsp3) is 0.333. The van der Waals surface area contributed by atoms with Gasteiger partial charge in [-0.2, -0.15) is 0 Å². The maximum Gasteiger partial charge on any atom is 0.317 e. The quantitative estimate of drug-likeness (QED) is 0.638. The average Bonchev–Trinajstić information content (AvgIpc) is 2.17. The minimum absolute atomic E-state index is 0.598. The Kier molecular flexibility index (Phi) is 2.84. The van der Waals surface area contributed by atoms with E-state index in [1.54, 1.807) is 19.5 Å². The monoisotopic (exact) mass is 178 g/mol. The third kappa shape index (κ3) is 2.18. The summed E-state index contributed by atoms with van der Waals surface area (Å²) in [4.78, 5) is 17.8. The van der Waals surface area contributed by atoms with Crippen LogP contribution in [0, 0.1) is 0 Å². The van der Waals surface area contributed by atoms with Crippen LogP contribution in [0.3, 0.4) is 0 Å². The lowest BCUT2D eigenvalue weighted by atomic mass is 10.4. The van der Waals surface area contributed by atoms with Crippen molar-refractivity contribution in [3.63, 3.8) is 0 Å². The number of pyridine rings is 1. The van der Waals surface area contributed by atoms with Crippen LogP contribution in [0.4, 0.5) is 11.6 Å². The molecule has 0 bridgehead atoms. The summed E-state index contributed by atoms with van der Waals surface area (Å²) in [5, 5.41) is 0. The van der Waals surface area contributed by atoms with E-state index in [1.165, 1.54) is 4.90 Å². The van der Waals surface area contributed by atoms with E-state index in [2.05, 4.69) is 4.98 Å². The van der Waals surface area contributed by atoms with Gasteiger partial charge in [0.2, 0.25) is 0 Å². The van der Waals surface area contributed by atoms with E-state index in [4.69, 9.17) is 0 Å². The van der Waals surface area contributed by atoms with Crippen molar-refractivity contribution in [1.29, 1.82) is 0 Å². The van der Waals surface area contributed by atoms with Gasteiger partial charge in [0.05, 0.1) is 0 Å². The van der Waals surface area contributed by atoms with Crippen LogP contribution >= 0.6 is 0 Å². The fourth-order valence-corrected chi connectivity index (χ4v) is 0.895. The first-order valence-electron chi connectivity index (χ1n) is 3.91. The molecule has 1 rings (SSSR count). The van der Waals surface area contributed by atoms with Crippen molar-refractivity contribution >= 4 is 18.0 Å². The summed E-state index contributed by atoms with van der Waals surface area (Å²) in [5.41, 5.74) is 0. The van der Waals surface area contributed by atoms with Crippen molar-refractivity contribution in [2.24, 2.45) is 0 Å². The van der Waals surface area contributed by atoms with Gasteiger partial charge in [0.1, 0.15) is 11.6 Å². The molecule has 4 nitrogen and oxygen atoms in total. The van der Waals surface area contributed by atoms with Crippen LogP contribution in [0.5, 0.6) is 0 Å². The second-order valence-electron chi connectivity index (χ2n) is 2.90. The van der Waals surface area contributed by atoms with E-state index in [-0.39, 0.29) is 0 Å². The first-order valence-corrected chi connectivity index (χ1v) is 3.91. The lowest BCUT2D eigenvalue weighted by Gasteiger charge is -2.14. The highest BCUT2D eigenvalue weighted by molar-refractivity contribution is 5.73. The zero-order valence-electron chi connectivity index (χ0n) is 7.98. The number of aromatic nitrogens is 1. The molecule has 1 radical (unpaired) electrons. The predicted molar refractivity (Wildman–Crippen MR) is 52.7 cm³/mol. The molecule has 0 fully saturated rings. The predicted octanol–water partition coefficient (Wildman–Crippen LogP) is 0.651. The summed E-state index contributed by atoms with van der Waals surface area (Å²) >= 11 is 0. The molecule has 1 aromatic heterocycles. The van der Waals surface area contributed by atoms with Crippen molar-refractivity contribution in [2.75, 3.05) is 30.9 Å². The minimum atomic E-state index is 0.598. The van der Waals surface area contributed by atoms with E-state index in [1.807, 2.05) is 31.1 Å². The summed E-state index contributed by atoms with van der Waals surface area (Å²) in [6.07, 6.45) is 1.75. The molecule has 0 N–H and O–H groups in total. The van der Waals surface area contributed by atoms with Crippen molar-refractivity contribution in [2.45, 2.75) is 0 Å². The largest absolute Gasteiger partial charge is 0.363 e. The number of rotatable bonds is 3. The molecule has 0 saturated carbocycles. The number of carbonyl (C=O) groups excluding carboxylic acids is 1. The minimum Gasteiger partial charge on any atom is -0.363 e. The molecule has 0 aliphatic carbocycles. The Hall–Kier alpha value is -1.58. The molecule has 1 heterocycles. The Morgan fingerprint density at radius 2 is 1.85 bits per heavy atom. The van der Waals surface area contributed by atoms with E-state index < -0.39 is 0 Å². The van der Waals surface area contributed by atoms with Crippen LogP contribution in [-0.4, -0.2) is 32.5 Å². The van der Waals surface area contributed by atoms with Gasteiger partial charge >= 0.3 is 6.41 Å². The molecule has 0 aromatic carbocycles. The highest BCUT2D eigenvalue weighted by Crippen LogP contribution is 2.13. The summed E-state index contributed by atoms with van der Waals surface area (Å²) in [6, 6.07) is 5.49. The van der Waals surface area contributed by atoms with Gasteiger partial charge in [0.25, 0.3) is 0 Å². The zero-order chi connectivity index (χ0) is 9.84. The Labute approximate surface area is 77.8 Å². The van der Waals surface area contributed by atoms with E-state index in [0.29, 0.717) is 5.82 Å². The molecule has 69 valence electrons. The SMILES string of the molecule is CN(C)c1cccc(N(C)[C]=O)n1. The Morgan fingerprint density at radius 1 is 1.23 bits per heavy atom. The molecule has 0 aliphatic heterocycles. The van der Waals surface area contributed by atoms with Crippen molar-refractivity contribution in [3.8, 4) is 0 Å². The molecular formula is C9H12N3O. The lowest BCUT2D eigenvalue weighted by Crippen LogP contribution is -2.17. The molecule has 1 aromatic rings. The van der Waals surface area contributed by atoms with Gasteiger partial charge in [-0.1, -0.05) is 6.07 Å². The number of hydrogen-bond acceptors (Lipinski definition) is 3. The lowest BCUT2D eigenvalue weighted by molar-refractivity contribution is 0.554. The third-order valence-electron chi connectivity index (χ3n) is 1.66. The van der Waals surface area contributed by atoms with Gasteiger partial charge in [-0.3, -0.25) is 9.69 Å². The summed E-state index contributed by atoms with van der Waals surface area (Å²) in [7, 11) is 5.42. The first kappa shape index (κ1) is 9.51. The molecular weight excluding hydrogens is 166 g/mol. The smallest absolute Gasteiger partial charge is 0.317 e. The molecule has 0 atom stereocenters. The number of amides is 1. The highest BCUT2D eigenvalue weighted by Gasteiger charge is 2.03. The Morgan fingerprint density at radius 3 is 2.38 bits per heavy atom. The molecule has 0 aliphatic rings. The normalized spacial score (nSPS) is 9.46. The maximum absolute atomic E-state index is 10.3. The Balaban J connectivity index is 2.97. The molecule has 13 heavy (non-hydrogen) atoms. The first-order chi connectivity index (χ1) is 6.15. The van der Waals surface area contributed by atoms with Crippen LogP contribution < -0.4 is 9.80 Å². The molecule has 0 saturated heterocycles. The number of hydrogen-bond donors (Lipinski definition) is 0. The Bertz CT molecular complexity index is 299. The van der Waals surface area contributed by atoms with Gasteiger partial charge in [0, 0.05) is 21.1 Å². The average molecular weight is 178 g/mol. The van der Waals surface area contributed by atoms with Crippen LogP contribution in [-0.2, 0) is 4.79 Å². The van der Waals surface area contributed by atoms with Gasteiger partial charge in [0.15, 0.2) is 0 Å². The second-order valence-corrected chi connectivity index (χ2v) is 2.90. The van der Waals surface area contributed by atoms with Crippen molar-refractivity contribution in [3.05, 3.63) is 18.2 Å². The van der Waals surface area contributed by atoms with Gasteiger partial charge in [-0.25, -0.2) is 4.98 Å². The van der Waals surface area contributed by atoms with Gasteiger partial charge in [-0.05, 0) is 12.1 Å². The van der Waals surface area contributed by atoms with Gasteiger partial charge < -0.3 is 4.90 Å². The van der Waals surface area contributed by atoms with Crippen molar-refractivity contribution in [1.82, 2.24) is 4.98 Å². The van der Waals surface area contributed by atoms with Crippen LogP contribution in [0.1, 0.15) is 0 Å². The zero-order valence-corrected chi connectivity index (χ0v) is 7.98. The van der Waals surface area contributed by atoms with Crippen molar-refractivity contribution < 1.29 is 4.79 Å². The number of anilines is 2. The molecule has 1 amide bonds. The van der Waals surface area contributed by atoms with Crippen LogP contribution in [0.15, 0.2) is 18.2 Å². The molecule has 0 spiro atoms. The standard InChI is InChI=1S/C9H12N3O/c1-11(2)8-5-4-6-9(10-8)12(3)7-13/h4-6H,1-3H3. The number of nitrogens with zero attached hydrogens (tertiary/aromatic N) is 3. The molecule has 4 heteroatoms. The maximum atomic E-state index is 10.3. The van der Waals surface area contributed by atoms with E-state index in [0.717, 1.165) is 5.82 Å². The summed E-state index contributed by atoms with van der Waals surface area (Å²) in [6.45, 7) is 0. The fourth-order valence-electron chi connectivity index (χ4n) is 0.895. The van der Waals surface area contributed by atoms with E-state index >= 15 is 0 Å². The second kappa shape index (κ2) is 3.89. The van der Waals surface area contributed by atoms with Gasteiger partial charge in [-0.15, -0.1) is 0 Å². The summed E-state index contributed by atoms with van der Waals surface area (Å²) in [5.74, 6) is 1.42.